The summed E-state index contributed by atoms with van der Waals surface area (Å²) < 4.78 is 5.97. The van der Waals surface area contributed by atoms with Gasteiger partial charge in [0.15, 0.2) is 6.10 Å². The number of aryl methyl sites for hydroxylation is 2. The number of benzene rings is 4. The van der Waals surface area contributed by atoms with E-state index in [2.05, 4.69) is 0 Å². The Hall–Kier alpha value is -4.42. The minimum atomic E-state index is -0.901. The number of nitrogens with zero attached hydrogens (tertiary/aromatic N) is 2. The minimum absolute atomic E-state index is 0.250. The molecule has 2 aliphatic rings. The van der Waals surface area contributed by atoms with Gasteiger partial charge in [0.2, 0.25) is 5.91 Å². The first-order valence-corrected chi connectivity index (χ1v) is 12.7. The Labute approximate surface area is 222 Å². The Morgan fingerprint density at radius 2 is 1.47 bits per heavy atom. The molecule has 0 bridgehead atoms. The molecule has 3 atom stereocenters. The summed E-state index contributed by atoms with van der Waals surface area (Å²) in [7, 11) is 0. The molecular formula is C32H28N2O4. The first kappa shape index (κ1) is 23.9. The molecule has 0 aliphatic carbocycles. The van der Waals surface area contributed by atoms with E-state index in [4.69, 9.17) is 9.57 Å². The van der Waals surface area contributed by atoms with Gasteiger partial charge in [0.25, 0.3) is 5.91 Å². The average molecular weight is 505 g/mol. The van der Waals surface area contributed by atoms with E-state index >= 15 is 0 Å². The van der Waals surface area contributed by atoms with Crippen molar-refractivity contribution in [2.24, 2.45) is 5.92 Å². The van der Waals surface area contributed by atoms with Crippen molar-refractivity contribution in [3.05, 3.63) is 125 Å². The van der Waals surface area contributed by atoms with Crippen molar-refractivity contribution < 1.29 is 19.2 Å². The number of amides is 2. The van der Waals surface area contributed by atoms with Crippen LogP contribution in [0.2, 0.25) is 0 Å². The van der Waals surface area contributed by atoms with E-state index in [0.29, 0.717) is 12.3 Å². The van der Waals surface area contributed by atoms with Gasteiger partial charge in [-0.2, -0.15) is 0 Å². The van der Waals surface area contributed by atoms with Gasteiger partial charge in [-0.1, -0.05) is 78.4 Å². The van der Waals surface area contributed by atoms with Gasteiger partial charge in [-0.3, -0.25) is 14.4 Å². The maximum atomic E-state index is 13.9. The Bertz CT molecular complexity index is 1470. The molecule has 190 valence electrons. The van der Waals surface area contributed by atoms with Crippen LogP contribution >= 0.6 is 0 Å². The lowest BCUT2D eigenvalue weighted by atomic mass is 9.90. The molecule has 6 rings (SSSR count). The lowest BCUT2D eigenvalue weighted by Crippen LogP contribution is -2.37. The standard InChI is InChI=1S/C32H28N2O4/c1-21-13-18-27(22(2)19-21)33-31(35)28-29(34(38-30(28)32(33)36)25-11-7-4-8-12-25)24-14-16-26(17-15-24)37-20-23-9-5-3-6-10-23/h3-19,28-30H,20H2,1-2H3/t28-,29-,30-/m0/s1. The zero-order chi connectivity index (χ0) is 26.2. The number of ether oxygens (including phenoxy) is 1. The maximum absolute atomic E-state index is 13.9. The third-order valence-electron chi connectivity index (χ3n) is 7.19. The fourth-order valence-corrected chi connectivity index (χ4v) is 5.35. The fraction of sp³-hybridized carbons (Fsp3) is 0.188. The van der Waals surface area contributed by atoms with Crippen LogP contribution in [0.4, 0.5) is 11.4 Å². The predicted octanol–water partition coefficient (Wildman–Crippen LogP) is 5.93. The highest BCUT2D eigenvalue weighted by Crippen LogP contribution is 2.48. The van der Waals surface area contributed by atoms with E-state index in [-0.39, 0.29) is 11.8 Å². The molecule has 2 amide bonds. The van der Waals surface area contributed by atoms with Gasteiger partial charge in [0.05, 0.1) is 17.4 Å². The van der Waals surface area contributed by atoms with Crippen molar-refractivity contribution in [3.63, 3.8) is 0 Å². The molecule has 2 saturated heterocycles. The average Bonchev–Trinajstić information content (AvgIpc) is 3.45. The van der Waals surface area contributed by atoms with Crippen LogP contribution in [0.5, 0.6) is 5.75 Å². The molecule has 0 saturated carbocycles. The number of anilines is 2. The second-order valence-corrected chi connectivity index (χ2v) is 9.80. The van der Waals surface area contributed by atoms with Gasteiger partial charge in [0.1, 0.15) is 18.3 Å². The Balaban J connectivity index is 1.32. The third kappa shape index (κ3) is 4.23. The largest absolute Gasteiger partial charge is 0.489 e. The highest BCUT2D eigenvalue weighted by Gasteiger charge is 2.60. The number of hydrogen-bond acceptors (Lipinski definition) is 5. The summed E-state index contributed by atoms with van der Waals surface area (Å²) in [4.78, 5) is 35.1. The van der Waals surface area contributed by atoms with Crippen molar-refractivity contribution in [1.82, 2.24) is 0 Å². The summed E-state index contributed by atoms with van der Waals surface area (Å²) in [5.41, 5.74) is 5.30. The Morgan fingerprint density at radius 1 is 0.789 bits per heavy atom. The van der Waals surface area contributed by atoms with Gasteiger partial charge in [-0.15, -0.1) is 0 Å². The summed E-state index contributed by atoms with van der Waals surface area (Å²) in [5.74, 6) is -0.539. The molecule has 0 aromatic heterocycles. The van der Waals surface area contributed by atoms with Gasteiger partial charge in [0, 0.05) is 0 Å². The van der Waals surface area contributed by atoms with E-state index in [1.165, 1.54) is 4.90 Å². The quantitative estimate of drug-likeness (QED) is 0.305. The van der Waals surface area contributed by atoms with Crippen LogP contribution in [0.3, 0.4) is 0 Å². The number of hydroxylamine groups is 1. The number of imide groups is 1. The van der Waals surface area contributed by atoms with E-state index in [1.807, 2.05) is 117 Å². The summed E-state index contributed by atoms with van der Waals surface area (Å²) >= 11 is 0. The van der Waals surface area contributed by atoms with Crippen molar-refractivity contribution in [1.29, 1.82) is 0 Å². The third-order valence-corrected chi connectivity index (χ3v) is 7.19. The van der Waals surface area contributed by atoms with E-state index < -0.39 is 18.1 Å². The molecule has 0 N–H and O–H groups in total. The maximum Gasteiger partial charge on any atom is 0.266 e. The highest BCUT2D eigenvalue weighted by molar-refractivity contribution is 6.24. The van der Waals surface area contributed by atoms with Gasteiger partial charge in [-0.05, 0) is 60.9 Å². The molecule has 2 fully saturated rings. The van der Waals surface area contributed by atoms with Crippen LogP contribution in [-0.4, -0.2) is 17.9 Å². The molecule has 6 nitrogen and oxygen atoms in total. The van der Waals surface area contributed by atoms with E-state index in [1.54, 1.807) is 5.06 Å². The smallest absolute Gasteiger partial charge is 0.266 e. The SMILES string of the molecule is Cc1ccc(N2C(=O)[C@@H]3[C@H](ON(c4ccccc4)[C@H]3c3ccc(OCc4ccccc4)cc3)C2=O)c(C)c1. The van der Waals surface area contributed by atoms with E-state index in [9.17, 15) is 9.59 Å². The normalized spacial score (nSPS) is 20.6. The molecule has 0 unspecified atom stereocenters. The van der Waals surface area contributed by atoms with Gasteiger partial charge >= 0.3 is 0 Å². The highest BCUT2D eigenvalue weighted by atomic mass is 16.7. The van der Waals surface area contributed by atoms with Gasteiger partial charge < -0.3 is 4.74 Å². The first-order chi connectivity index (χ1) is 18.5. The fourth-order valence-electron chi connectivity index (χ4n) is 5.35. The van der Waals surface area contributed by atoms with Crippen LogP contribution in [0.25, 0.3) is 0 Å². The van der Waals surface area contributed by atoms with Gasteiger partial charge in [-0.25, -0.2) is 9.96 Å². The summed E-state index contributed by atoms with van der Waals surface area (Å²) in [6, 6.07) is 32.5. The second kappa shape index (κ2) is 9.80. The molecule has 38 heavy (non-hydrogen) atoms. The monoisotopic (exact) mass is 504 g/mol. The zero-order valence-electron chi connectivity index (χ0n) is 21.3. The first-order valence-electron chi connectivity index (χ1n) is 12.7. The molecular weight excluding hydrogens is 476 g/mol. The summed E-state index contributed by atoms with van der Waals surface area (Å²) in [6.07, 6.45) is -0.901. The van der Waals surface area contributed by atoms with E-state index in [0.717, 1.165) is 33.7 Å². The van der Waals surface area contributed by atoms with Crippen molar-refractivity contribution in [3.8, 4) is 5.75 Å². The molecule has 4 aromatic carbocycles. The van der Waals surface area contributed by atoms with Crippen LogP contribution in [0.15, 0.2) is 103 Å². The number of hydrogen-bond donors (Lipinski definition) is 0. The molecule has 6 heteroatoms. The number of carbonyl (C=O) groups excluding carboxylic acids is 2. The molecule has 2 heterocycles. The predicted molar refractivity (Wildman–Crippen MR) is 146 cm³/mol. The minimum Gasteiger partial charge on any atom is -0.489 e. The Morgan fingerprint density at radius 3 is 2.16 bits per heavy atom. The summed E-state index contributed by atoms with van der Waals surface area (Å²) in [5, 5.41) is 1.71. The lowest BCUT2D eigenvalue weighted by Gasteiger charge is -2.29. The number of para-hydroxylation sites is 1. The topological polar surface area (TPSA) is 59.1 Å². The van der Waals surface area contributed by atoms with Crippen LogP contribution in [0, 0.1) is 19.8 Å². The molecule has 0 spiro atoms. The van der Waals surface area contributed by atoms with Crippen molar-refractivity contribution in [2.75, 3.05) is 9.96 Å². The second-order valence-electron chi connectivity index (χ2n) is 9.80. The lowest BCUT2D eigenvalue weighted by molar-refractivity contribution is -0.126. The zero-order valence-corrected chi connectivity index (χ0v) is 21.3. The number of rotatable bonds is 6. The Kier molecular flexibility index (Phi) is 6.18. The summed E-state index contributed by atoms with van der Waals surface area (Å²) in [6.45, 7) is 4.37. The number of carbonyl (C=O) groups is 2. The van der Waals surface area contributed by atoms with Crippen LogP contribution in [0.1, 0.15) is 28.3 Å². The molecule has 4 aromatic rings. The van der Waals surface area contributed by atoms with Crippen molar-refractivity contribution >= 4 is 23.2 Å². The van der Waals surface area contributed by atoms with Crippen LogP contribution in [-0.2, 0) is 21.0 Å². The van der Waals surface area contributed by atoms with Crippen LogP contribution < -0.4 is 14.7 Å². The number of fused-ring (bicyclic) bond motifs is 1. The molecule has 0 radical (unpaired) electrons. The molecule has 2 aliphatic heterocycles. The van der Waals surface area contributed by atoms with Crippen molar-refractivity contribution in [2.45, 2.75) is 32.6 Å².